The van der Waals surface area contributed by atoms with Crippen molar-refractivity contribution in [2.24, 2.45) is 0 Å². The number of alkyl halides is 3. The summed E-state index contributed by atoms with van der Waals surface area (Å²) in [5, 5.41) is 2.50. The van der Waals surface area contributed by atoms with Gasteiger partial charge in [-0.15, -0.1) is 0 Å². The van der Waals surface area contributed by atoms with Gasteiger partial charge in [0.2, 0.25) is 5.91 Å². The van der Waals surface area contributed by atoms with Gasteiger partial charge < -0.3 is 10.1 Å². The van der Waals surface area contributed by atoms with Crippen molar-refractivity contribution in [2.75, 3.05) is 13.2 Å². The summed E-state index contributed by atoms with van der Waals surface area (Å²) in [6.45, 7) is -0.371. The van der Waals surface area contributed by atoms with E-state index in [1.165, 1.54) is 30.3 Å². The molecule has 1 N–H and O–H groups in total. The van der Waals surface area contributed by atoms with Crippen molar-refractivity contribution in [3.63, 3.8) is 0 Å². The lowest BCUT2D eigenvalue weighted by Crippen LogP contribution is -2.34. The Morgan fingerprint density at radius 3 is 2.58 bits per heavy atom. The zero-order chi connectivity index (χ0) is 22.4. The monoisotopic (exact) mass is 435 g/mol. The summed E-state index contributed by atoms with van der Waals surface area (Å²) in [7, 11) is 0. The summed E-state index contributed by atoms with van der Waals surface area (Å²) in [5.74, 6) is -1.02. The number of carbonyl (C=O) groups excluding carboxylic acids is 1. The minimum absolute atomic E-state index is 0.0184. The zero-order valence-electron chi connectivity index (χ0n) is 16.0. The maximum atomic E-state index is 13.8. The molecule has 0 saturated heterocycles. The highest BCUT2D eigenvalue weighted by Gasteiger charge is 2.30. The SMILES string of the molecule is O=C(Cn1cnc(-c2ccccc2F)cc1=O)NCCOc1cccc(C(F)(F)F)c1. The van der Waals surface area contributed by atoms with Crippen LogP contribution in [0.1, 0.15) is 5.56 Å². The lowest BCUT2D eigenvalue weighted by molar-refractivity contribution is -0.137. The number of amides is 1. The molecule has 0 aliphatic heterocycles. The van der Waals surface area contributed by atoms with Crippen molar-refractivity contribution in [3.8, 4) is 17.0 Å². The highest BCUT2D eigenvalue weighted by atomic mass is 19.4. The number of nitrogens with one attached hydrogen (secondary N) is 1. The smallest absolute Gasteiger partial charge is 0.416 e. The van der Waals surface area contributed by atoms with Gasteiger partial charge in [-0.2, -0.15) is 13.2 Å². The van der Waals surface area contributed by atoms with Crippen molar-refractivity contribution in [1.29, 1.82) is 0 Å². The van der Waals surface area contributed by atoms with Gasteiger partial charge in [0.1, 0.15) is 24.7 Å². The Morgan fingerprint density at radius 2 is 1.87 bits per heavy atom. The molecule has 3 rings (SSSR count). The third kappa shape index (κ3) is 5.91. The number of hydrogen-bond acceptors (Lipinski definition) is 4. The van der Waals surface area contributed by atoms with Crippen LogP contribution in [0, 0.1) is 5.82 Å². The number of rotatable bonds is 7. The summed E-state index contributed by atoms with van der Waals surface area (Å²) < 4.78 is 58.1. The largest absolute Gasteiger partial charge is 0.492 e. The molecule has 2 aromatic carbocycles. The van der Waals surface area contributed by atoms with Crippen LogP contribution in [0.5, 0.6) is 5.75 Å². The van der Waals surface area contributed by atoms with Gasteiger partial charge in [-0.3, -0.25) is 14.2 Å². The average Bonchev–Trinajstić information content (AvgIpc) is 2.73. The van der Waals surface area contributed by atoms with Crippen LogP contribution in [0.2, 0.25) is 0 Å². The maximum Gasteiger partial charge on any atom is 0.416 e. The molecule has 0 fully saturated rings. The molecule has 162 valence electrons. The Hall–Kier alpha value is -3.69. The molecule has 1 amide bonds. The Labute approximate surface area is 174 Å². The molecule has 0 unspecified atom stereocenters. The quantitative estimate of drug-likeness (QED) is 0.457. The van der Waals surface area contributed by atoms with Gasteiger partial charge in [0, 0.05) is 11.6 Å². The molecule has 0 spiro atoms. The second-order valence-corrected chi connectivity index (χ2v) is 6.44. The van der Waals surface area contributed by atoms with E-state index in [9.17, 15) is 27.2 Å². The molecule has 0 aliphatic rings. The molecule has 6 nitrogen and oxygen atoms in total. The van der Waals surface area contributed by atoms with Gasteiger partial charge in [0.15, 0.2) is 0 Å². The predicted molar refractivity (Wildman–Crippen MR) is 104 cm³/mol. The van der Waals surface area contributed by atoms with Crippen LogP contribution in [-0.2, 0) is 17.5 Å². The molecule has 0 saturated carbocycles. The third-order valence-electron chi connectivity index (χ3n) is 4.20. The maximum absolute atomic E-state index is 13.8. The minimum atomic E-state index is -4.48. The van der Waals surface area contributed by atoms with E-state index in [1.807, 2.05) is 0 Å². The highest BCUT2D eigenvalue weighted by Crippen LogP contribution is 2.31. The number of carbonyl (C=O) groups is 1. The molecule has 0 radical (unpaired) electrons. The summed E-state index contributed by atoms with van der Waals surface area (Å²) >= 11 is 0. The highest BCUT2D eigenvalue weighted by molar-refractivity contribution is 5.75. The molecule has 10 heteroatoms. The van der Waals surface area contributed by atoms with Gasteiger partial charge in [-0.1, -0.05) is 18.2 Å². The van der Waals surface area contributed by atoms with Crippen LogP contribution in [0.3, 0.4) is 0 Å². The first-order valence-electron chi connectivity index (χ1n) is 9.12. The van der Waals surface area contributed by atoms with Crippen molar-refractivity contribution < 1.29 is 27.1 Å². The average molecular weight is 435 g/mol. The summed E-state index contributed by atoms with van der Waals surface area (Å²) in [6.07, 6.45) is -3.33. The van der Waals surface area contributed by atoms with E-state index in [-0.39, 0.29) is 36.7 Å². The molecule has 1 aromatic heterocycles. The lowest BCUT2D eigenvalue weighted by Gasteiger charge is -2.11. The van der Waals surface area contributed by atoms with Crippen LogP contribution >= 0.6 is 0 Å². The van der Waals surface area contributed by atoms with Crippen LogP contribution in [0.25, 0.3) is 11.3 Å². The number of halogens is 4. The van der Waals surface area contributed by atoms with Crippen molar-refractivity contribution in [3.05, 3.63) is 82.7 Å². The first-order valence-corrected chi connectivity index (χ1v) is 9.12. The standard InChI is InChI=1S/C21H17F4N3O3/c22-17-7-2-1-6-16(17)18-11-20(30)28(13-27-18)12-19(29)26-8-9-31-15-5-3-4-14(10-15)21(23,24)25/h1-7,10-11,13H,8-9,12H2,(H,26,29). The first kappa shape index (κ1) is 22.0. The fourth-order valence-corrected chi connectivity index (χ4v) is 2.69. The van der Waals surface area contributed by atoms with E-state index < -0.39 is 29.0 Å². The molecule has 0 aliphatic carbocycles. The van der Waals surface area contributed by atoms with Gasteiger partial charge in [0.25, 0.3) is 5.56 Å². The van der Waals surface area contributed by atoms with E-state index in [0.717, 1.165) is 29.1 Å². The molecule has 0 bridgehead atoms. The number of hydrogen-bond donors (Lipinski definition) is 1. The Balaban J connectivity index is 1.51. The van der Waals surface area contributed by atoms with Crippen molar-refractivity contribution in [1.82, 2.24) is 14.9 Å². The predicted octanol–water partition coefficient (Wildman–Crippen LogP) is 3.26. The van der Waals surface area contributed by atoms with Crippen LogP contribution in [0.15, 0.2) is 65.7 Å². The topological polar surface area (TPSA) is 73.2 Å². The van der Waals surface area contributed by atoms with E-state index in [1.54, 1.807) is 6.07 Å². The minimum Gasteiger partial charge on any atom is -0.492 e. The molecule has 1 heterocycles. The zero-order valence-corrected chi connectivity index (χ0v) is 16.0. The molecular formula is C21H17F4N3O3. The van der Waals surface area contributed by atoms with Gasteiger partial charge in [-0.05, 0) is 30.3 Å². The van der Waals surface area contributed by atoms with Gasteiger partial charge in [-0.25, -0.2) is 9.37 Å². The number of aromatic nitrogens is 2. The second-order valence-electron chi connectivity index (χ2n) is 6.44. The first-order chi connectivity index (χ1) is 14.7. The number of benzene rings is 2. The van der Waals surface area contributed by atoms with Crippen LogP contribution in [-0.4, -0.2) is 28.6 Å². The fraction of sp³-hybridized carbons (Fsp3) is 0.190. The number of ether oxygens (including phenoxy) is 1. The lowest BCUT2D eigenvalue weighted by atomic mass is 10.1. The Kier molecular flexibility index (Phi) is 6.68. The van der Waals surface area contributed by atoms with Crippen LogP contribution in [0.4, 0.5) is 17.6 Å². The van der Waals surface area contributed by atoms with Gasteiger partial charge in [0.05, 0.1) is 24.1 Å². The van der Waals surface area contributed by atoms with Crippen molar-refractivity contribution in [2.45, 2.75) is 12.7 Å². The van der Waals surface area contributed by atoms with E-state index in [2.05, 4.69) is 10.3 Å². The Bertz CT molecular complexity index is 1130. The molecular weight excluding hydrogens is 418 g/mol. The summed E-state index contributed by atoms with van der Waals surface area (Å²) in [5.41, 5.74) is -1.06. The normalized spacial score (nSPS) is 11.2. The summed E-state index contributed by atoms with van der Waals surface area (Å²) in [6, 6.07) is 11.4. The van der Waals surface area contributed by atoms with E-state index in [0.29, 0.717) is 0 Å². The number of nitrogens with zero attached hydrogens (tertiary/aromatic N) is 2. The van der Waals surface area contributed by atoms with E-state index in [4.69, 9.17) is 4.74 Å². The van der Waals surface area contributed by atoms with E-state index >= 15 is 0 Å². The summed E-state index contributed by atoms with van der Waals surface area (Å²) in [4.78, 5) is 28.2. The second kappa shape index (κ2) is 9.41. The molecule has 0 atom stereocenters. The Morgan fingerprint density at radius 1 is 1.10 bits per heavy atom. The molecule has 3 aromatic rings. The van der Waals surface area contributed by atoms with Gasteiger partial charge >= 0.3 is 6.18 Å². The fourth-order valence-electron chi connectivity index (χ4n) is 2.69. The van der Waals surface area contributed by atoms with Crippen molar-refractivity contribution >= 4 is 5.91 Å². The third-order valence-corrected chi connectivity index (χ3v) is 4.20. The molecule has 31 heavy (non-hydrogen) atoms. The van der Waals surface area contributed by atoms with Crippen LogP contribution < -0.4 is 15.6 Å².